The van der Waals surface area contributed by atoms with Gasteiger partial charge in [-0.15, -0.1) is 0 Å². The predicted molar refractivity (Wildman–Crippen MR) is 124 cm³/mol. The number of halogens is 2. The van der Waals surface area contributed by atoms with Crippen molar-refractivity contribution in [3.8, 4) is 11.5 Å². The zero-order valence-corrected chi connectivity index (χ0v) is 18.7. The molecule has 0 saturated heterocycles. The van der Waals surface area contributed by atoms with Gasteiger partial charge in [0.15, 0.2) is 11.5 Å². The quantitative estimate of drug-likeness (QED) is 0.160. The lowest BCUT2D eigenvalue weighted by molar-refractivity contribution is 0.0729. The fraction of sp³-hybridized carbons (Fsp3) is 0.0455. The number of hydrazone groups is 1. The van der Waals surface area contributed by atoms with Crippen molar-refractivity contribution in [2.24, 2.45) is 5.10 Å². The summed E-state index contributed by atoms with van der Waals surface area (Å²) in [6.45, 7) is 0. The fourth-order valence-electron chi connectivity index (χ4n) is 2.45. The van der Waals surface area contributed by atoms with Gasteiger partial charge in [-0.05, 0) is 88.8 Å². The number of hydrogen-bond donors (Lipinski definition) is 1. The van der Waals surface area contributed by atoms with Crippen LogP contribution in [-0.2, 0) is 0 Å². The van der Waals surface area contributed by atoms with Crippen molar-refractivity contribution in [2.75, 3.05) is 7.11 Å². The summed E-state index contributed by atoms with van der Waals surface area (Å²) in [5.74, 6) is -0.232. The average molecular weight is 535 g/mol. The zero-order chi connectivity index (χ0) is 21.5. The van der Waals surface area contributed by atoms with E-state index in [4.69, 9.17) is 21.1 Å². The second-order valence-corrected chi connectivity index (χ2v) is 7.70. The lowest BCUT2D eigenvalue weighted by Crippen LogP contribution is -2.17. The molecule has 0 heterocycles. The molecule has 3 aromatic carbocycles. The minimum Gasteiger partial charge on any atom is -0.493 e. The summed E-state index contributed by atoms with van der Waals surface area (Å²) in [5.41, 5.74) is 4.01. The van der Waals surface area contributed by atoms with E-state index in [0.29, 0.717) is 27.5 Å². The van der Waals surface area contributed by atoms with Gasteiger partial charge in [-0.3, -0.25) is 4.79 Å². The number of benzene rings is 3. The van der Waals surface area contributed by atoms with E-state index in [9.17, 15) is 9.59 Å². The van der Waals surface area contributed by atoms with E-state index >= 15 is 0 Å². The van der Waals surface area contributed by atoms with Crippen molar-refractivity contribution in [3.05, 3.63) is 92.0 Å². The van der Waals surface area contributed by atoms with E-state index in [1.165, 1.54) is 13.3 Å². The molecule has 6 nitrogen and oxygen atoms in total. The predicted octanol–water partition coefficient (Wildman–Crippen LogP) is 4.94. The topological polar surface area (TPSA) is 77.0 Å². The molecule has 0 bridgehead atoms. The highest BCUT2D eigenvalue weighted by Gasteiger charge is 2.13. The Balaban J connectivity index is 1.67. The Morgan fingerprint density at radius 2 is 1.77 bits per heavy atom. The molecule has 8 heteroatoms. The summed E-state index contributed by atoms with van der Waals surface area (Å²) < 4.78 is 11.7. The molecule has 152 valence electrons. The number of carbonyl (C=O) groups excluding carboxylic acids is 2. The highest BCUT2D eigenvalue weighted by atomic mass is 127. The van der Waals surface area contributed by atoms with Gasteiger partial charge in [0.05, 0.1) is 18.9 Å². The molecule has 3 aromatic rings. The molecule has 0 saturated carbocycles. The minimum absolute atomic E-state index is 0.262. The standard InChI is InChI=1S/C22H16ClIN2O4/c1-29-20-11-14(13-25-26-21(27)16-3-2-4-18(24)12-16)5-10-19(20)30-22(28)15-6-8-17(23)9-7-15/h2-13H,1H3,(H,26,27)/b25-13-. The van der Waals surface area contributed by atoms with Gasteiger partial charge in [0, 0.05) is 14.2 Å². The first-order chi connectivity index (χ1) is 14.5. The first kappa shape index (κ1) is 21.8. The molecular weight excluding hydrogens is 519 g/mol. The molecular formula is C22H16ClIN2O4. The second kappa shape index (κ2) is 10.2. The number of carbonyl (C=O) groups is 2. The Bertz CT molecular complexity index is 1100. The normalized spacial score (nSPS) is 10.6. The molecule has 0 aromatic heterocycles. The molecule has 30 heavy (non-hydrogen) atoms. The van der Waals surface area contributed by atoms with Crippen molar-refractivity contribution in [2.45, 2.75) is 0 Å². The van der Waals surface area contributed by atoms with Gasteiger partial charge in [0.1, 0.15) is 0 Å². The molecule has 1 amide bonds. The van der Waals surface area contributed by atoms with Crippen LogP contribution >= 0.6 is 34.2 Å². The first-order valence-corrected chi connectivity index (χ1v) is 10.2. The van der Waals surface area contributed by atoms with E-state index in [2.05, 4.69) is 33.1 Å². The van der Waals surface area contributed by atoms with Gasteiger partial charge in [-0.2, -0.15) is 5.10 Å². The van der Waals surface area contributed by atoms with Crippen molar-refractivity contribution in [1.82, 2.24) is 5.43 Å². The Labute approximate surface area is 192 Å². The Morgan fingerprint density at radius 3 is 2.47 bits per heavy atom. The van der Waals surface area contributed by atoms with Crippen molar-refractivity contribution in [3.63, 3.8) is 0 Å². The number of methoxy groups -OCH3 is 1. The molecule has 0 radical (unpaired) electrons. The summed E-state index contributed by atoms with van der Waals surface area (Å²) in [6.07, 6.45) is 1.47. The first-order valence-electron chi connectivity index (χ1n) is 8.71. The molecule has 1 N–H and O–H groups in total. The molecule has 0 aliphatic rings. The fourth-order valence-corrected chi connectivity index (χ4v) is 3.12. The maximum atomic E-state index is 12.3. The molecule has 0 aliphatic carbocycles. The third-order valence-corrected chi connectivity index (χ3v) is 4.86. The second-order valence-electron chi connectivity index (χ2n) is 6.02. The number of nitrogens with one attached hydrogen (secondary N) is 1. The summed E-state index contributed by atoms with van der Waals surface area (Å²) in [7, 11) is 1.47. The van der Waals surface area contributed by atoms with Crippen LogP contribution in [-0.4, -0.2) is 25.2 Å². The molecule has 0 spiro atoms. The third-order valence-electron chi connectivity index (χ3n) is 3.94. The van der Waals surface area contributed by atoms with E-state index in [1.807, 2.05) is 6.07 Å². The van der Waals surface area contributed by atoms with Crippen LogP contribution in [0.5, 0.6) is 11.5 Å². The molecule has 0 aliphatic heterocycles. The molecule has 0 unspecified atom stereocenters. The summed E-state index contributed by atoms with van der Waals surface area (Å²) in [6, 6.07) is 18.5. The van der Waals surface area contributed by atoms with Crippen LogP contribution in [0.2, 0.25) is 5.02 Å². The van der Waals surface area contributed by atoms with Crippen molar-refractivity contribution in [1.29, 1.82) is 0 Å². The largest absolute Gasteiger partial charge is 0.493 e. The van der Waals surface area contributed by atoms with Crippen LogP contribution in [0.3, 0.4) is 0 Å². The van der Waals surface area contributed by atoms with Gasteiger partial charge < -0.3 is 9.47 Å². The van der Waals surface area contributed by atoms with Crippen LogP contribution in [0.4, 0.5) is 0 Å². The molecule has 0 fully saturated rings. The van der Waals surface area contributed by atoms with Crippen molar-refractivity contribution >= 4 is 52.3 Å². The number of hydrogen-bond acceptors (Lipinski definition) is 5. The Hall–Kier alpha value is -2.91. The van der Waals surface area contributed by atoms with Crippen molar-refractivity contribution < 1.29 is 19.1 Å². The van der Waals surface area contributed by atoms with E-state index in [1.54, 1.807) is 60.7 Å². The zero-order valence-electron chi connectivity index (χ0n) is 15.8. The SMILES string of the molecule is COc1cc(/C=N\NC(=O)c2cccc(I)c2)ccc1OC(=O)c1ccc(Cl)cc1. The summed E-state index contributed by atoms with van der Waals surface area (Å²) in [4.78, 5) is 24.4. The number of nitrogens with zero attached hydrogens (tertiary/aromatic N) is 1. The third kappa shape index (κ3) is 5.80. The summed E-state index contributed by atoms with van der Waals surface area (Å²) in [5, 5.41) is 4.50. The number of amides is 1. The van der Waals surface area contributed by atoms with Gasteiger partial charge >= 0.3 is 5.97 Å². The minimum atomic E-state index is -0.531. The summed E-state index contributed by atoms with van der Waals surface area (Å²) >= 11 is 7.97. The van der Waals surface area contributed by atoms with Gasteiger partial charge in [-0.1, -0.05) is 17.7 Å². The highest BCUT2D eigenvalue weighted by molar-refractivity contribution is 14.1. The van der Waals surface area contributed by atoms with Crippen LogP contribution in [0, 0.1) is 3.57 Å². The van der Waals surface area contributed by atoms with Gasteiger partial charge in [0.2, 0.25) is 0 Å². The monoisotopic (exact) mass is 534 g/mol. The average Bonchev–Trinajstić information content (AvgIpc) is 2.75. The van der Waals surface area contributed by atoms with Crippen LogP contribution in [0.25, 0.3) is 0 Å². The molecule has 3 rings (SSSR count). The smallest absolute Gasteiger partial charge is 0.343 e. The maximum Gasteiger partial charge on any atom is 0.343 e. The van der Waals surface area contributed by atoms with E-state index in [0.717, 1.165) is 3.57 Å². The number of esters is 1. The van der Waals surface area contributed by atoms with Crippen LogP contribution < -0.4 is 14.9 Å². The lowest BCUT2D eigenvalue weighted by atomic mass is 10.2. The molecule has 0 atom stereocenters. The van der Waals surface area contributed by atoms with Crippen LogP contribution in [0.15, 0.2) is 71.8 Å². The van der Waals surface area contributed by atoms with E-state index < -0.39 is 5.97 Å². The lowest BCUT2D eigenvalue weighted by Gasteiger charge is -2.10. The maximum absolute atomic E-state index is 12.3. The number of rotatable bonds is 6. The highest BCUT2D eigenvalue weighted by Crippen LogP contribution is 2.28. The Kier molecular flexibility index (Phi) is 7.42. The number of ether oxygens (including phenoxy) is 2. The Morgan fingerprint density at radius 1 is 1.00 bits per heavy atom. The van der Waals surface area contributed by atoms with Gasteiger partial charge in [0.25, 0.3) is 5.91 Å². The van der Waals surface area contributed by atoms with E-state index in [-0.39, 0.29) is 11.7 Å². The van der Waals surface area contributed by atoms with Crippen LogP contribution in [0.1, 0.15) is 26.3 Å². The van der Waals surface area contributed by atoms with Gasteiger partial charge in [-0.25, -0.2) is 10.2 Å².